The maximum atomic E-state index is 13.2. The zero-order valence-corrected chi connectivity index (χ0v) is 22.3. The molecular formula is C25H44O4SSi. The lowest BCUT2D eigenvalue weighted by atomic mass is 9.85. The Labute approximate surface area is 192 Å². The van der Waals surface area contributed by atoms with E-state index in [1.807, 2.05) is 6.07 Å². The van der Waals surface area contributed by atoms with Gasteiger partial charge in [-0.2, -0.15) is 0 Å². The maximum absolute atomic E-state index is 13.2. The molecule has 1 aliphatic heterocycles. The van der Waals surface area contributed by atoms with Gasteiger partial charge in [-0.05, 0) is 54.9 Å². The van der Waals surface area contributed by atoms with Crippen LogP contribution in [0.1, 0.15) is 60.8 Å². The normalized spacial score (nSPS) is 25.6. The van der Waals surface area contributed by atoms with E-state index in [0.29, 0.717) is 17.4 Å². The fraction of sp³-hybridized carbons (Fsp3) is 0.760. The van der Waals surface area contributed by atoms with Crippen molar-refractivity contribution in [1.29, 1.82) is 0 Å². The summed E-state index contributed by atoms with van der Waals surface area (Å²) in [6.07, 6.45) is 2.96. The van der Waals surface area contributed by atoms with Crippen molar-refractivity contribution in [2.24, 2.45) is 17.8 Å². The maximum Gasteiger partial charge on any atom is 0.191 e. The molecule has 1 saturated heterocycles. The van der Waals surface area contributed by atoms with Gasteiger partial charge in [0.05, 0.1) is 22.9 Å². The van der Waals surface area contributed by atoms with Crippen LogP contribution in [0, 0.1) is 17.8 Å². The van der Waals surface area contributed by atoms with Gasteiger partial charge in [0.25, 0.3) is 0 Å². The summed E-state index contributed by atoms with van der Waals surface area (Å²) < 4.78 is 39.3. The highest BCUT2D eigenvalue weighted by molar-refractivity contribution is 7.91. The first-order valence-corrected chi connectivity index (χ1v) is 16.5. The van der Waals surface area contributed by atoms with E-state index in [2.05, 4.69) is 41.5 Å². The highest BCUT2D eigenvalue weighted by Crippen LogP contribution is 2.39. The molecule has 31 heavy (non-hydrogen) atoms. The van der Waals surface area contributed by atoms with Crippen LogP contribution in [0.3, 0.4) is 0 Å². The Bertz CT molecular complexity index is 740. The number of sulfone groups is 1. The van der Waals surface area contributed by atoms with Crippen molar-refractivity contribution in [3.63, 3.8) is 0 Å². The van der Waals surface area contributed by atoms with E-state index >= 15 is 0 Å². The lowest BCUT2D eigenvalue weighted by molar-refractivity contribution is 0.00796. The van der Waals surface area contributed by atoms with Crippen molar-refractivity contribution >= 4 is 18.2 Å². The van der Waals surface area contributed by atoms with Crippen LogP contribution in [0.15, 0.2) is 35.2 Å². The predicted octanol–water partition coefficient (Wildman–Crippen LogP) is 6.33. The van der Waals surface area contributed by atoms with E-state index in [-0.39, 0.29) is 29.8 Å². The summed E-state index contributed by atoms with van der Waals surface area (Å²) in [5.41, 5.74) is 0. The van der Waals surface area contributed by atoms with Crippen LogP contribution < -0.4 is 0 Å². The summed E-state index contributed by atoms with van der Waals surface area (Å²) in [4.78, 5) is 0.414. The lowest BCUT2D eigenvalue weighted by Gasteiger charge is -2.29. The van der Waals surface area contributed by atoms with E-state index < -0.39 is 18.2 Å². The molecule has 6 heteroatoms. The fourth-order valence-electron chi connectivity index (χ4n) is 4.86. The number of benzene rings is 1. The topological polar surface area (TPSA) is 52.6 Å². The zero-order valence-electron chi connectivity index (χ0n) is 20.5. The molecule has 0 spiro atoms. The Kier molecular flexibility index (Phi) is 10.2. The number of ether oxygens (including phenoxy) is 1. The van der Waals surface area contributed by atoms with E-state index in [1.165, 1.54) is 0 Å². The molecule has 1 aromatic carbocycles. The van der Waals surface area contributed by atoms with Gasteiger partial charge in [0.2, 0.25) is 0 Å². The smallest absolute Gasteiger partial charge is 0.191 e. The molecule has 1 aliphatic rings. The molecular weight excluding hydrogens is 424 g/mol. The highest BCUT2D eigenvalue weighted by Gasteiger charge is 2.44. The molecule has 2 rings (SSSR count). The Balaban J connectivity index is 2.15. The number of hydrogen-bond donors (Lipinski definition) is 0. The number of rotatable bonds is 13. The Morgan fingerprint density at radius 3 is 2.19 bits per heavy atom. The van der Waals surface area contributed by atoms with Gasteiger partial charge in [-0.1, -0.05) is 66.2 Å². The fourth-order valence-corrected chi connectivity index (χ4v) is 9.32. The molecule has 0 aliphatic carbocycles. The first-order valence-electron chi connectivity index (χ1n) is 12.3. The van der Waals surface area contributed by atoms with Crippen LogP contribution in [-0.4, -0.2) is 41.3 Å². The van der Waals surface area contributed by atoms with Crippen LogP contribution in [0.5, 0.6) is 0 Å². The molecule has 1 aromatic rings. The van der Waals surface area contributed by atoms with E-state index in [9.17, 15) is 8.42 Å². The summed E-state index contributed by atoms with van der Waals surface area (Å²) in [6, 6.07) is 12.2. The van der Waals surface area contributed by atoms with E-state index in [0.717, 1.165) is 37.4 Å². The third-order valence-corrected chi connectivity index (χ3v) is 14.2. The second kappa shape index (κ2) is 12.0. The Morgan fingerprint density at radius 2 is 1.65 bits per heavy atom. The molecule has 0 amide bonds. The molecule has 1 heterocycles. The van der Waals surface area contributed by atoms with Gasteiger partial charge in [0, 0.05) is 12.5 Å². The quantitative estimate of drug-likeness (QED) is 0.317. The van der Waals surface area contributed by atoms with Gasteiger partial charge in [-0.25, -0.2) is 8.42 Å². The van der Waals surface area contributed by atoms with Gasteiger partial charge >= 0.3 is 0 Å². The standard InChI is InChI=1S/C25H44O4SSi/c1-7-20(5)18-25-21(6)23(19-30(26,27)22-14-12-11-13-15-22)24(29-25)16-17-28-31(8-2,9-3)10-4/h11-15,20-21,23-25H,7-10,16-19H2,1-6H3/t20-,21-,23-,24+,25-/m1/s1. The molecule has 0 aromatic heterocycles. The predicted molar refractivity (Wildman–Crippen MR) is 132 cm³/mol. The van der Waals surface area contributed by atoms with Crippen LogP contribution in [0.2, 0.25) is 18.1 Å². The average molecular weight is 469 g/mol. The SMILES string of the molecule is CC[C@@H](C)C[C@H]1O[C@@H](CCO[Si](CC)(CC)CC)[C@H](CS(=O)(=O)c2ccccc2)[C@H]1C. The Morgan fingerprint density at radius 1 is 1.03 bits per heavy atom. The first kappa shape index (κ1) is 26.6. The van der Waals surface area contributed by atoms with E-state index in [4.69, 9.17) is 9.16 Å². The average Bonchev–Trinajstić information content (AvgIpc) is 3.06. The van der Waals surface area contributed by atoms with Crippen molar-refractivity contribution in [2.45, 2.75) is 96.0 Å². The third kappa shape index (κ3) is 6.89. The van der Waals surface area contributed by atoms with Gasteiger partial charge in [-0.3, -0.25) is 0 Å². The molecule has 178 valence electrons. The zero-order chi connectivity index (χ0) is 23.1. The number of hydrogen-bond acceptors (Lipinski definition) is 4. The minimum atomic E-state index is -3.35. The summed E-state index contributed by atoms with van der Waals surface area (Å²) >= 11 is 0. The van der Waals surface area contributed by atoms with Crippen molar-refractivity contribution in [3.05, 3.63) is 30.3 Å². The van der Waals surface area contributed by atoms with Gasteiger partial charge in [0.15, 0.2) is 18.2 Å². The van der Waals surface area contributed by atoms with Gasteiger partial charge in [0.1, 0.15) is 0 Å². The van der Waals surface area contributed by atoms with Crippen molar-refractivity contribution in [1.82, 2.24) is 0 Å². The summed E-state index contributed by atoms with van der Waals surface area (Å²) in [7, 11) is -5.00. The molecule has 0 radical (unpaired) electrons. The van der Waals surface area contributed by atoms with Crippen LogP contribution >= 0.6 is 0 Å². The van der Waals surface area contributed by atoms with Crippen molar-refractivity contribution in [3.8, 4) is 0 Å². The van der Waals surface area contributed by atoms with Gasteiger partial charge in [-0.15, -0.1) is 0 Å². The second-order valence-corrected chi connectivity index (χ2v) is 16.3. The van der Waals surface area contributed by atoms with Crippen LogP contribution in [0.25, 0.3) is 0 Å². The van der Waals surface area contributed by atoms with Crippen molar-refractivity contribution in [2.75, 3.05) is 12.4 Å². The minimum Gasteiger partial charge on any atom is -0.417 e. The molecule has 4 nitrogen and oxygen atoms in total. The minimum absolute atomic E-state index is 0.00353. The summed E-state index contributed by atoms with van der Waals surface area (Å²) in [6.45, 7) is 14.0. The summed E-state index contributed by atoms with van der Waals surface area (Å²) in [5, 5.41) is 0. The van der Waals surface area contributed by atoms with Crippen LogP contribution in [0.4, 0.5) is 0 Å². The third-order valence-electron chi connectivity index (χ3n) is 7.68. The summed E-state index contributed by atoms with van der Waals surface area (Å²) in [5.74, 6) is 0.957. The van der Waals surface area contributed by atoms with Crippen molar-refractivity contribution < 1.29 is 17.6 Å². The van der Waals surface area contributed by atoms with Crippen LogP contribution in [-0.2, 0) is 19.0 Å². The molecule has 5 atom stereocenters. The molecule has 0 N–H and O–H groups in total. The first-order chi connectivity index (χ1) is 14.7. The van der Waals surface area contributed by atoms with E-state index in [1.54, 1.807) is 24.3 Å². The monoisotopic (exact) mass is 468 g/mol. The molecule has 0 saturated carbocycles. The molecule has 1 fully saturated rings. The molecule has 0 bridgehead atoms. The van der Waals surface area contributed by atoms with Gasteiger partial charge < -0.3 is 9.16 Å². The second-order valence-electron chi connectivity index (χ2n) is 9.46. The largest absolute Gasteiger partial charge is 0.417 e. The highest BCUT2D eigenvalue weighted by atomic mass is 32.2. The molecule has 0 unspecified atom stereocenters. The Hall–Kier alpha value is -0.693. The lowest BCUT2D eigenvalue weighted by Crippen LogP contribution is -2.37.